The topological polar surface area (TPSA) is 148 Å². The SMILES string of the molecule is C[C@@H]1CN(C2CCN(c3nc([C@](COC4CCCCO4)(OC4CC4)c4cccc(OCc5ccccc5)c4)c4cc(-c5cn(C)c(=O)c6[nH]ccc56)ccc4n3)CC2)[C@@H](C)CN1C(=O)O. The van der Waals surface area contributed by atoms with E-state index in [9.17, 15) is 14.7 Å². The molecule has 0 bridgehead atoms. The molecule has 1 amide bonds. The zero-order valence-corrected chi connectivity index (χ0v) is 37.5. The van der Waals surface area contributed by atoms with Crippen LogP contribution in [0.1, 0.15) is 75.6 Å². The summed E-state index contributed by atoms with van der Waals surface area (Å²) in [6.45, 7) is 8.03. The molecule has 0 spiro atoms. The van der Waals surface area contributed by atoms with Gasteiger partial charge in [0.15, 0.2) is 11.9 Å². The van der Waals surface area contributed by atoms with Crippen LogP contribution >= 0.6 is 0 Å². The van der Waals surface area contributed by atoms with Crippen LogP contribution in [0.15, 0.2) is 96.1 Å². The van der Waals surface area contributed by atoms with Gasteiger partial charge in [0.2, 0.25) is 5.95 Å². The molecule has 1 unspecified atom stereocenters. The van der Waals surface area contributed by atoms with Crippen molar-refractivity contribution in [2.75, 3.05) is 44.3 Å². The summed E-state index contributed by atoms with van der Waals surface area (Å²) in [6.07, 6.45) is 8.88. The van der Waals surface area contributed by atoms with Crippen molar-refractivity contribution in [3.63, 3.8) is 0 Å². The second-order valence-electron chi connectivity index (χ2n) is 18.4. The number of pyridine rings is 1. The molecule has 6 aromatic rings. The third kappa shape index (κ3) is 8.84. The van der Waals surface area contributed by atoms with Gasteiger partial charge in [0, 0.05) is 86.7 Å². The fraction of sp³-hybridized carbons (Fsp3) is 0.451. The number of piperidine rings is 1. The van der Waals surface area contributed by atoms with E-state index < -0.39 is 11.7 Å². The van der Waals surface area contributed by atoms with Crippen LogP contribution in [-0.4, -0.2) is 110 Å². The summed E-state index contributed by atoms with van der Waals surface area (Å²) in [5.41, 5.74) is 4.48. The number of anilines is 1. The van der Waals surface area contributed by atoms with Gasteiger partial charge >= 0.3 is 6.09 Å². The summed E-state index contributed by atoms with van der Waals surface area (Å²) in [7, 11) is 1.78. The first-order valence-corrected chi connectivity index (χ1v) is 23.3. The molecule has 2 N–H and O–H groups in total. The molecule has 340 valence electrons. The van der Waals surface area contributed by atoms with Crippen molar-refractivity contribution < 1.29 is 28.8 Å². The molecule has 3 aliphatic heterocycles. The number of benzene rings is 3. The van der Waals surface area contributed by atoms with E-state index in [1.807, 2.05) is 55.7 Å². The molecule has 10 rings (SSSR count). The Morgan fingerprint density at radius 1 is 0.908 bits per heavy atom. The van der Waals surface area contributed by atoms with Crippen LogP contribution in [0.4, 0.5) is 10.7 Å². The second-order valence-corrected chi connectivity index (χ2v) is 18.4. The predicted octanol–water partition coefficient (Wildman–Crippen LogP) is 8.06. The van der Waals surface area contributed by atoms with Crippen LogP contribution in [0, 0.1) is 0 Å². The molecule has 1 saturated carbocycles. The number of fused-ring (bicyclic) bond motifs is 2. The first-order chi connectivity index (χ1) is 31.6. The Balaban J connectivity index is 1.09. The van der Waals surface area contributed by atoms with Crippen LogP contribution in [0.25, 0.3) is 32.9 Å². The van der Waals surface area contributed by atoms with E-state index in [-0.39, 0.29) is 36.6 Å². The van der Waals surface area contributed by atoms with Crippen molar-refractivity contribution in [2.45, 2.75) is 102 Å². The maximum absolute atomic E-state index is 13.2. The third-order valence-electron chi connectivity index (χ3n) is 13.8. The molecule has 1 aliphatic carbocycles. The second kappa shape index (κ2) is 18.2. The molecule has 6 heterocycles. The summed E-state index contributed by atoms with van der Waals surface area (Å²) >= 11 is 0. The number of H-pyrrole nitrogens is 1. The number of nitrogens with one attached hydrogen (secondary N) is 1. The third-order valence-corrected chi connectivity index (χ3v) is 13.8. The lowest BCUT2D eigenvalue weighted by molar-refractivity contribution is -0.197. The number of carboxylic acid groups (broad SMARTS) is 1. The van der Waals surface area contributed by atoms with Gasteiger partial charge in [0.05, 0.1) is 23.9 Å². The predicted molar refractivity (Wildman–Crippen MR) is 249 cm³/mol. The molecule has 4 aliphatic rings. The fourth-order valence-corrected chi connectivity index (χ4v) is 10.1. The monoisotopic (exact) mass is 881 g/mol. The van der Waals surface area contributed by atoms with Crippen molar-refractivity contribution >= 4 is 33.8 Å². The van der Waals surface area contributed by atoms with E-state index in [1.54, 1.807) is 16.5 Å². The quantitative estimate of drug-likeness (QED) is 0.116. The van der Waals surface area contributed by atoms with Gasteiger partial charge in [-0.15, -0.1) is 0 Å². The number of hydrogen-bond donors (Lipinski definition) is 2. The van der Waals surface area contributed by atoms with Gasteiger partial charge < -0.3 is 43.4 Å². The summed E-state index contributed by atoms with van der Waals surface area (Å²) in [4.78, 5) is 45.6. The zero-order chi connectivity index (χ0) is 44.7. The summed E-state index contributed by atoms with van der Waals surface area (Å²) in [5.74, 6) is 1.33. The van der Waals surface area contributed by atoms with Crippen molar-refractivity contribution in [3.8, 4) is 16.9 Å². The molecular formula is C51H59N7O7. The Kier molecular flexibility index (Phi) is 12.1. The standard InChI is InChI=1S/C51H59N7O7/c1-33-29-58(50(60)61)34(2)28-57(33)38-20-23-56(24-21-38)49-53-44-18-15-36(43-30-55(3)48(59)46-41(43)19-22-52-46)26-42(44)47(54-49)51(65-39-16-17-39,32-64-45-14-7-8-25-62-45)37-12-9-13-40(27-37)63-31-35-10-5-4-6-11-35/h4-6,9-13,15,18-19,22,26-27,30,33-34,38-39,45,52H,7-8,14,16-17,20-21,23-25,28-29,31-32H2,1-3H3,(H,60,61)/t33-,34+,45?,51+/m0/s1. The van der Waals surface area contributed by atoms with Gasteiger partial charge in [0.25, 0.3) is 5.56 Å². The Bertz CT molecular complexity index is 2710. The molecule has 65 heavy (non-hydrogen) atoms. The summed E-state index contributed by atoms with van der Waals surface area (Å²) in [6, 6.07) is 26.9. The van der Waals surface area contributed by atoms with Gasteiger partial charge in [-0.2, -0.15) is 0 Å². The van der Waals surface area contributed by atoms with Gasteiger partial charge in [0.1, 0.15) is 17.9 Å². The van der Waals surface area contributed by atoms with Gasteiger partial charge in [-0.25, -0.2) is 14.8 Å². The van der Waals surface area contributed by atoms with Crippen molar-refractivity contribution in [3.05, 3.63) is 118 Å². The Hall–Kier alpha value is -5.80. The van der Waals surface area contributed by atoms with Crippen molar-refractivity contribution in [1.29, 1.82) is 0 Å². The van der Waals surface area contributed by atoms with E-state index in [0.29, 0.717) is 55.3 Å². The largest absolute Gasteiger partial charge is 0.489 e. The number of rotatable bonds is 13. The van der Waals surface area contributed by atoms with Crippen LogP contribution < -0.4 is 15.2 Å². The van der Waals surface area contributed by atoms with Gasteiger partial charge in [-0.05, 0) is 106 Å². The maximum Gasteiger partial charge on any atom is 0.407 e. The number of aryl methyl sites for hydroxylation is 1. The number of carbonyl (C=O) groups is 1. The summed E-state index contributed by atoms with van der Waals surface area (Å²) in [5, 5.41) is 11.5. The number of piperazine rings is 1. The highest BCUT2D eigenvalue weighted by Gasteiger charge is 2.46. The first kappa shape index (κ1) is 43.1. The van der Waals surface area contributed by atoms with E-state index in [1.165, 1.54) is 0 Å². The van der Waals surface area contributed by atoms with Crippen molar-refractivity contribution in [2.24, 2.45) is 7.05 Å². The highest BCUT2D eigenvalue weighted by molar-refractivity contribution is 5.97. The maximum atomic E-state index is 13.2. The van der Waals surface area contributed by atoms with Gasteiger partial charge in [-0.3, -0.25) is 9.69 Å². The van der Waals surface area contributed by atoms with E-state index in [4.69, 9.17) is 28.9 Å². The minimum Gasteiger partial charge on any atom is -0.489 e. The van der Waals surface area contributed by atoms with E-state index in [2.05, 4.69) is 64.2 Å². The molecule has 14 nitrogen and oxygen atoms in total. The molecule has 0 radical (unpaired) electrons. The van der Waals surface area contributed by atoms with Crippen LogP contribution in [-0.2, 0) is 33.5 Å². The normalized spacial score (nSPS) is 22.0. The Labute approximate surface area is 379 Å². The smallest absolute Gasteiger partial charge is 0.407 e. The number of hydrogen-bond acceptors (Lipinski definition) is 10. The number of aromatic amines is 1. The van der Waals surface area contributed by atoms with Crippen LogP contribution in [0.2, 0.25) is 0 Å². The molecule has 3 aromatic carbocycles. The summed E-state index contributed by atoms with van der Waals surface area (Å²) < 4.78 is 28.6. The molecule has 3 saturated heterocycles. The number of amides is 1. The van der Waals surface area contributed by atoms with Crippen LogP contribution in [0.3, 0.4) is 0 Å². The van der Waals surface area contributed by atoms with Crippen LogP contribution in [0.5, 0.6) is 5.75 Å². The number of aromatic nitrogens is 4. The zero-order valence-electron chi connectivity index (χ0n) is 37.5. The number of ether oxygens (including phenoxy) is 4. The highest BCUT2D eigenvalue weighted by Crippen LogP contribution is 2.45. The average Bonchev–Trinajstić information content (AvgIpc) is 4.02. The van der Waals surface area contributed by atoms with E-state index >= 15 is 0 Å². The molecule has 14 heteroatoms. The Morgan fingerprint density at radius 3 is 2.51 bits per heavy atom. The lowest BCUT2D eigenvalue weighted by Gasteiger charge is -2.48. The Morgan fingerprint density at radius 2 is 1.74 bits per heavy atom. The molecule has 3 aromatic heterocycles. The number of nitrogens with zero attached hydrogens (tertiary/aromatic N) is 6. The molecule has 4 fully saturated rings. The lowest BCUT2D eigenvalue weighted by Crippen LogP contribution is -2.61. The highest BCUT2D eigenvalue weighted by atomic mass is 16.7. The fourth-order valence-electron chi connectivity index (χ4n) is 10.1. The lowest BCUT2D eigenvalue weighted by atomic mass is 9.87. The van der Waals surface area contributed by atoms with Crippen molar-refractivity contribution in [1.82, 2.24) is 29.3 Å². The molecular weight excluding hydrogens is 823 g/mol. The minimum atomic E-state index is -1.21. The molecule has 4 atom stereocenters. The average molecular weight is 882 g/mol. The van der Waals surface area contributed by atoms with E-state index in [0.717, 1.165) is 96.6 Å². The minimum absolute atomic E-state index is 0.0127. The van der Waals surface area contributed by atoms with Gasteiger partial charge in [-0.1, -0.05) is 48.5 Å². The first-order valence-electron chi connectivity index (χ1n) is 23.3.